The predicted molar refractivity (Wildman–Crippen MR) is 114 cm³/mol. The Hall–Kier alpha value is -2.36. The minimum absolute atomic E-state index is 0.737. The molecule has 0 amide bonds. The average Bonchev–Trinajstić information content (AvgIpc) is 2.66. The lowest BCUT2D eigenvalue weighted by Crippen LogP contribution is -2.01. The third kappa shape index (κ3) is 7.05. The van der Waals surface area contributed by atoms with Crippen LogP contribution in [0.3, 0.4) is 0 Å². The number of unbranched alkanes of at least 4 members (excludes halogenated alkanes) is 6. The van der Waals surface area contributed by atoms with E-state index in [0.717, 1.165) is 60.1 Å². The molecule has 2 aromatic carbocycles. The van der Waals surface area contributed by atoms with E-state index >= 15 is 0 Å². The lowest BCUT2D eigenvalue weighted by Gasteiger charge is -2.11. The van der Waals surface area contributed by atoms with E-state index in [1.165, 1.54) is 32.1 Å². The molecule has 27 heavy (non-hydrogen) atoms. The van der Waals surface area contributed by atoms with Crippen molar-refractivity contribution in [2.75, 3.05) is 24.7 Å². The Morgan fingerprint density at radius 1 is 0.667 bits per heavy atom. The Morgan fingerprint density at radius 3 is 1.85 bits per heavy atom. The minimum atomic E-state index is 0.737. The van der Waals surface area contributed by atoms with E-state index in [-0.39, 0.29) is 0 Å². The van der Waals surface area contributed by atoms with Crippen LogP contribution in [0.2, 0.25) is 0 Å². The van der Waals surface area contributed by atoms with Gasteiger partial charge in [-0.25, -0.2) is 0 Å². The molecule has 0 spiro atoms. The van der Waals surface area contributed by atoms with Crippen LogP contribution in [-0.4, -0.2) is 13.2 Å². The first kappa shape index (κ1) is 20.9. The summed E-state index contributed by atoms with van der Waals surface area (Å²) in [5.74, 6) is 1.72. The topological polar surface area (TPSA) is 70.5 Å². The molecule has 0 aromatic heterocycles. The first-order chi connectivity index (χ1) is 13.1. The summed E-state index contributed by atoms with van der Waals surface area (Å²) in [6.45, 7) is 5.50. The molecular formula is C23H34N2O2. The molecule has 2 aromatic rings. The molecule has 0 fully saturated rings. The van der Waals surface area contributed by atoms with Gasteiger partial charge in [0.05, 0.1) is 18.9 Å². The summed E-state index contributed by atoms with van der Waals surface area (Å²) in [7, 11) is 0. The summed E-state index contributed by atoms with van der Waals surface area (Å²) >= 11 is 0. The number of aryl methyl sites for hydroxylation is 1. The van der Waals surface area contributed by atoms with Crippen LogP contribution in [0.25, 0.3) is 0 Å². The van der Waals surface area contributed by atoms with Crippen LogP contribution in [0.1, 0.15) is 56.1 Å². The highest BCUT2D eigenvalue weighted by molar-refractivity contribution is 5.57. The molecule has 0 atom stereocenters. The Balaban J connectivity index is 1.45. The lowest BCUT2D eigenvalue weighted by molar-refractivity contribution is 0.299. The smallest absolute Gasteiger partial charge is 0.142 e. The van der Waals surface area contributed by atoms with Gasteiger partial charge in [0.2, 0.25) is 0 Å². The molecule has 0 unspecified atom stereocenters. The summed E-state index contributed by atoms with van der Waals surface area (Å²) in [5, 5.41) is 0. The normalized spacial score (nSPS) is 10.7. The van der Waals surface area contributed by atoms with Crippen LogP contribution in [0.5, 0.6) is 11.5 Å². The van der Waals surface area contributed by atoms with E-state index in [9.17, 15) is 0 Å². The predicted octanol–water partition coefficient (Wildman–Crippen LogP) is 5.66. The van der Waals surface area contributed by atoms with Gasteiger partial charge in [-0.2, -0.15) is 0 Å². The second-order valence-electron chi connectivity index (χ2n) is 7.13. The quantitative estimate of drug-likeness (QED) is 0.374. The van der Waals surface area contributed by atoms with Gasteiger partial charge < -0.3 is 20.9 Å². The van der Waals surface area contributed by atoms with Gasteiger partial charge >= 0.3 is 0 Å². The summed E-state index contributed by atoms with van der Waals surface area (Å²) in [6.07, 6.45) is 8.34. The fourth-order valence-corrected chi connectivity index (χ4v) is 3.02. The highest BCUT2D eigenvalue weighted by Gasteiger charge is 2.03. The van der Waals surface area contributed by atoms with E-state index in [1.54, 1.807) is 0 Å². The maximum atomic E-state index is 6.01. The molecule has 0 radical (unpaired) electrons. The van der Waals surface area contributed by atoms with Crippen molar-refractivity contribution in [3.05, 3.63) is 47.5 Å². The van der Waals surface area contributed by atoms with Gasteiger partial charge in [-0.15, -0.1) is 0 Å². The first-order valence-corrected chi connectivity index (χ1v) is 10.1. The molecule has 0 saturated heterocycles. The van der Waals surface area contributed by atoms with Gasteiger partial charge in [0.1, 0.15) is 11.5 Å². The van der Waals surface area contributed by atoms with E-state index in [2.05, 4.69) is 0 Å². The summed E-state index contributed by atoms with van der Waals surface area (Å²) in [5.41, 5.74) is 15.6. The zero-order valence-corrected chi connectivity index (χ0v) is 16.8. The number of ether oxygens (including phenoxy) is 2. The first-order valence-electron chi connectivity index (χ1n) is 10.1. The van der Waals surface area contributed by atoms with Gasteiger partial charge in [-0.1, -0.05) is 50.3 Å². The van der Waals surface area contributed by atoms with Crippen molar-refractivity contribution in [1.82, 2.24) is 0 Å². The van der Waals surface area contributed by atoms with Crippen molar-refractivity contribution in [2.45, 2.75) is 58.8 Å². The third-order valence-electron chi connectivity index (χ3n) is 4.91. The van der Waals surface area contributed by atoms with Gasteiger partial charge in [0.15, 0.2) is 0 Å². The summed E-state index contributed by atoms with van der Waals surface area (Å²) < 4.78 is 11.6. The van der Waals surface area contributed by atoms with E-state index in [1.807, 2.05) is 50.2 Å². The standard InChI is InChI=1S/C23H34N2O2/c1-18-12-10-15-22(23(18)25)27-17-9-7-5-3-4-6-8-16-26-21-14-11-13-20(24)19(21)2/h10-15H,3-9,16-17,24-25H2,1-2H3. The van der Waals surface area contributed by atoms with Crippen molar-refractivity contribution in [3.8, 4) is 11.5 Å². The zero-order valence-electron chi connectivity index (χ0n) is 16.8. The van der Waals surface area contributed by atoms with Crippen LogP contribution < -0.4 is 20.9 Å². The van der Waals surface area contributed by atoms with Crippen molar-refractivity contribution in [2.24, 2.45) is 0 Å². The maximum Gasteiger partial charge on any atom is 0.142 e. The molecule has 0 aliphatic rings. The zero-order chi connectivity index (χ0) is 19.5. The second-order valence-corrected chi connectivity index (χ2v) is 7.13. The number of hydrogen-bond donors (Lipinski definition) is 2. The largest absolute Gasteiger partial charge is 0.493 e. The summed E-state index contributed by atoms with van der Waals surface area (Å²) in [6, 6.07) is 11.8. The highest BCUT2D eigenvalue weighted by Crippen LogP contribution is 2.25. The molecule has 2 rings (SSSR count). The molecule has 4 nitrogen and oxygen atoms in total. The van der Waals surface area contributed by atoms with Crippen molar-refractivity contribution < 1.29 is 9.47 Å². The molecule has 0 saturated carbocycles. The number of anilines is 2. The lowest BCUT2D eigenvalue weighted by atomic mass is 10.1. The number of nitrogen functional groups attached to an aromatic ring is 2. The SMILES string of the molecule is Cc1cccc(OCCCCCCCCCOc2cccc(N)c2C)c1N. The molecule has 0 aliphatic heterocycles. The van der Waals surface area contributed by atoms with Crippen LogP contribution in [0.4, 0.5) is 11.4 Å². The van der Waals surface area contributed by atoms with Crippen LogP contribution in [-0.2, 0) is 0 Å². The second kappa shape index (κ2) is 11.4. The van der Waals surface area contributed by atoms with Crippen molar-refractivity contribution >= 4 is 11.4 Å². The minimum Gasteiger partial charge on any atom is -0.493 e. The van der Waals surface area contributed by atoms with Crippen LogP contribution in [0, 0.1) is 13.8 Å². The van der Waals surface area contributed by atoms with Gasteiger partial charge in [0, 0.05) is 11.3 Å². The fraction of sp³-hybridized carbons (Fsp3) is 0.478. The Morgan fingerprint density at radius 2 is 1.19 bits per heavy atom. The third-order valence-corrected chi connectivity index (χ3v) is 4.91. The number of benzene rings is 2. The van der Waals surface area contributed by atoms with Gasteiger partial charge in [0.25, 0.3) is 0 Å². The Kier molecular flexibility index (Phi) is 8.82. The molecule has 0 bridgehead atoms. The molecule has 148 valence electrons. The van der Waals surface area contributed by atoms with E-state index < -0.39 is 0 Å². The van der Waals surface area contributed by atoms with Crippen molar-refractivity contribution in [3.63, 3.8) is 0 Å². The van der Waals surface area contributed by atoms with Crippen LogP contribution >= 0.6 is 0 Å². The van der Waals surface area contributed by atoms with E-state index in [4.69, 9.17) is 20.9 Å². The molecule has 0 aliphatic carbocycles. The Labute approximate surface area is 163 Å². The maximum absolute atomic E-state index is 6.01. The molecule has 4 heteroatoms. The number of rotatable bonds is 12. The van der Waals surface area contributed by atoms with E-state index in [0.29, 0.717) is 0 Å². The highest BCUT2D eigenvalue weighted by atomic mass is 16.5. The summed E-state index contributed by atoms with van der Waals surface area (Å²) in [4.78, 5) is 0. The number of nitrogens with two attached hydrogens (primary N) is 2. The van der Waals surface area contributed by atoms with Crippen LogP contribution in [0.15, 0.2) is 36.4 Å². The monoisotopic (exact) mass is 370 g/mol. The number of hydrogen-bond acceptors (Lipinski definition) is 4. The molecular weight excluding hydrogens is 336 g/mol. The fourth-order valence-electron chi connectivity index (χ4n) is 3.02. The van der Waals surface area contributed by atoms with Gasteiger partial charge in [-0.05, 0) is 50.5 Å². The molecule has 0 heterocycles. The number of para-hydroxylation sites is 1. The molecule has 4 N–H and O–H groups in total. The average molecular weight is 371 g/mol. The van der Waals surface area contributed by atoms with Crippen molar-refractivity contribution in [1.29, 1.82) is 0 Å². The Bertz CT molecular complexity index is 641. The van der Waals surface area contributed by atoms with Gasteiger partial charge in [-0.3, -0.25) is 0 Å².